The van der Waals surface area contributed by atoms with E-state index in [1.807, 2.05) is 24.3 Å². The summed E-state index contributed by atoms with van der Waals surface area (Å²) in [6.07, 6.45) is 0. The third-order valence-corrected chi connectivity index (χ3v) is 4.58. The number of nitro benzene ring substituents is 1. The fraction of sp³-hybridized carbons (Fsp3) is 0.100. The number of hydrogen-bond acceptors (Lipinski definition) is 8. The molecule has 3 aromatic rings. The van der Waals surface area contributed by atoms with Crippen molar-refractivity contribution in [1.82, 2.24) is 0 Å². The standard InChI is InChI=1S/C20H16N5O4Xe/c1-28-19-12-18(24-22-14-5-9-16(30)10-6-14)20(29-2)11-17(19)23-21-13-3-7-15(8-4-13)25(26)27/h3-12H,1-2H3. The number of benzene rings is 3. The maximum absolute atomic E-state index is 10.7. The van der Waals surface area contributed by atoms with Gasteiger partial charge in [0, 0.05) is 12.1 Å². The molecule has 0 fully saturated rings. The molecule has 10 heteroatoms. The first kappa shape index (κ1) is 22.1. The molecular weight excluding hydrogens is 506 g/mol. The number of non-ortho nitro benzene ring substituents is 1. The van der Waals surface area contributed by atoms with Crippen molar-refractivity contribution in [1.29, 1.82) is 0 Å². The van der Waals surface area contributed by atoms with Gasteiger partial charge in [0.15, 0.2) is 0 Å². The Kier molecular flexibility index (Phi) is 7.71. The van der Waals surface area contributed by atoms with Crippen LogP contribution >= 0.6 is 0 Å². The van der Waals surface area contributed by atoms with Crippen molar-refractivity contribution in [3.63, 3.8) is 0 Å². The van der Waals surface area contributed by atoms with E-state index >= 15 is 0 Å². The number of ether oxygens (including phenoxy) is 2. The molecule has 3 aromatic carbocycles. The summed E-state index contributed by atoms with van der Waals surface area (Å²) in [6, 6.07) is 16.6. The molecule has 0 bridgehead atoms. The van der Waals surface area contributed by atoms with E-state index in [9.17, 15) is 10.1 Å². The number of methoxy groups -OCH3 is 2. The molecule has 0 aromatic heterocycles. The van der Waals surface area contributed by atoms with Gasteiger partial charge in [-0.2, -0.15) is 0 Å². The van der Waals surface area contributed by atoms with Crippen LogP contribution in [0.1, 0.15) is 0 Å². The third kappa shape index (κ3) is 5.74. The summed E-state index contributed by atoms with van der Waals surface area (Å²) in [7, 11) is 3.02. The van der Waals surface area contributed by atoms with E-state index in [4.69, 9.17) is 9.47 Å². The van der Waals surface area contributed by atoms with Crippen LogP contribution < -0.4 is 9.51 Å². The van der Waals surface area contributed by atoms with Gasteiger partial charge in [0.05, 0.1) is 10.6 Å². The molecule has 9 nitrogen and oxygen atoms in total. The van der Waals surface area contributed by atoms with Crippen molar-refractivity contribution in [2.75, 3.05) is 14.2 Å². The Labute approximate surface area is 204 Å². The minimum absolute atomic E-state index is 0.0181. The first-order chi connectivity index (χ1) is 14.5. The Balaban J connectivity index is 1.88. The van der Waals surface area contributed by atoms with Crippen molar-refractivity contribution in [2.24, 2.45) is 20.5 Å². The molecule has 0 saturated carbocycles. The Hall–Kier alpha value is -2.57. The maximum atomic E-state index is 10.7. The second-order valence-corrected chi connectivity index (χ2v) is 7.00. The van der Waals surface area contributed by atoms with Crippen LogP contribution in [0.5, 0.6) is 11.5 Å². The van der Waals surface area contributed by atoms with Gasteiger partial charge in [0.25, 0.3) is 5.69 Å². The summed E-state index contributed by atoms with van der Waals surface area (Å²) < 4.78 is 11.9. The number of nitro groups is 1. The molecule has 0 atom stereocenters. The van der Waals surface area contributed by atoms with Crippen molar-refractivity contribution in [3.05, 3.63) is 70.8 Å². The van der Waals surface area contributed by atoms with Crippen LogP contribution in [0.4, 0.5) is 28.4 Å². The van der Waals surface area contributed by atoms with Crippen LogP contribution in [0.25, 0.3) is 0 Å². The van der Waals surface area contributed by atoms with Gasteiger partial charge in [0.2, 0.25) is 0 Å². The van der Waals surface area contributed by atoms with Gasteiger partial charge in [0.1, 0.15) is 0 Å². The van der Waals surface area contributed by atoms with E-state index < -0.39 is 4.92 Å². The first-order valence-corrected chi connectivity index (χ1v) is 9.59. The molecule has 0 amide bonds. The van der Waals surface area contributed by atoms with Crippen LogP contribution in [0.2, 0.25) is 0 Å². The summed E-state index contributed by atoms with van der Waals surface area (Å²) in [5.74, 6) is 0.872. The fourth-order valence-electron chi connectivity index (χ4n) is 2.39. The minimum atomic E-state index is -0.474. The number of nitrogens with zero attached hydrogens (tertiary/aromatic N) is 5. The van der Waals surface area contributed by atoms with Crippen LogP contribution in [0.3, 0.4) is 0 Å². The zero-order chi connectivity index (χ0) is 21.5. The van der Waals surface area contributed by atoms with E-state index in [1.165, 1.54) is 38.5 Å². The monoisotopic (exact) mass is 522 g/mol. The average molecular weight is 522 g/mol. The predicted octanol–water partition coefficient (Wildman–Crippen LogP) is 5.62. The molecule has 0 aliphatic heterocycles. The van der Waals surface area contributed by atoms with Crippen LogP contribution in [0, 0.1) is 56.6 Å². The van der Waals surface area contributed by atoms with Crippen molar-refractivity contribution < 1.29 is 60.9 Å². The number of rotatable bonds is 7. The number of azo groups is 2. The molecule has 0 aliphatic carbocycles. The van der Waals surface area contributed by atoms with Crippen LogP contribution in [0.15, 0.2) is 81.1 Å². The molecule has 153 valence electrons. The van der Waals surface area contributed by atoms with E-state index in [0.717, 1.165) is 0.0314 Å². The fourth-order valence-corrected chi connectivity index (χ4v) is 2.73. The normalized spacial score (nSPS) is 11.2. The van der Waals surface area contributed by atoms with Gasteiger partial charge >= 0.3 is 156 Å². The zero-order valence-electron chi connectivity index (χ0n) is 16.0. The van der Waals surface area contributed by atoms with Crippen molar-refractivity contribution in [2.45, 2.75) is 0 Å². The van der Waals surface area contributed by atoms with Crippen molar-refractivity contribution in [3.8, 4) is 11.5 Å². The molecule has 3 rings (SSSR count). The summed E-state index contributed by atoms with van der Waals surface area (Å²) in [4.78, 5) is 10.3. The number of hydrogen-bond donors (Lipinski definition) is 0. The van der Waals surface area contributed by atoms with Gasteiger partial charge in [-0.15, -0.1) is 0 Å². The average Bonchev–Trinajstić information content (AvgIpc) is 2.77. The second-order valence-electron chi connectivity index (χ2n) is 5.83. The Bertz CT molecular complexity index is 1100. The quantitative estimate of drug-likeness (QED) is 0.228. The van der Waals surface area contributed by atoms with Crippen LogP contribution in [-0.2, 0) is 0 Å². The molecule has 1 radical (unpaired) electrons. The first-order valence-electron chi connectivity index (χ1n) is 8.58. The van der Waals surface area contributed by atoms with Crippen molar-refractivity contribution >= 4 is 28.5 Å². The van der Waals surface area contributed by atoms with Gasteiger partial charge in [-0.3, -0.25) is 10.1 Å². The summed E-state index contributed by atoms with van der Waals surface area (Å²) in [5.41, 5.74) is 2.03. The molecule has 30 heavy (non-hydrogen) atoms. The van der Waals surface area contributed by atoms with E-state index in [0.29, 0.717) is 34.2 Å². The Morgan fingerprint density at radius 2 is 1.20 bits per heavy atom. The Morgan fingerprint density at radius 3 is 1.60 bits per heavy atom. The molecule has 0 spiro atoms. The topological polar surface area (TPSA) is 111 Å². The molecule has 0 unspecified atom stereocenters. The third-order valence-electron chi connectivity index (χ3n) is 3.91. The molecule has 0 heterocycles. The molecule has 0 aliphatic rings. The summed E-state index contributed by atoms with van der Waals surface area (Å²) in [6.45, 7) is 0. The molecule has 0 saturated heterocycles. The van der Waals surface area contributed by atoms with Gasteiger partial charge in [-0.05, 0) is 12.1 Å². The molecular formula is C20H16N5O4Xe. The van der Waals surface area contributed by atoms with E-state index in [-0.39, 0.29) is 5.69 Å². The van der Waals surface area contributed by atoms with E-state index in [2.05, 4.69) is 67.0 Å². The molecule has 0 N–H and O–H groups in total. The SMILES string of the molecule is COc1cc(N=Nc2ccc([N+](=O)[O-])cc2)c(OC)cc1N=Nc1ccc([Xe])cc1. The zero-order valence-corrected chi connectivity index (χ0v) is 18.0. The van der Waals surface area contributed by atoms with Gasteiger partial charge < -0.3 is 0 Å². The predicted molar refractivity (Wildman–Crippen MR) is 107 cm³/mol. The van der Waals surface area contributed by atoms with E-state index in [1.54, 1.807) is 12.1 Å². The van der Waals surface area contributed by atoms with Gasteiger partial charge in [-0.1, -0.05) is 0 Å². The van der Waals surface area contributed by atoms with Gasteiger partial charge in [-0.25, -0.2) is 0 Å². The summed E-state index contributed by atoms with van der Waals surface area (Å²) >= 11 is 2.51. The van der Waals surface area contributed by atoms with Crippen LogP contribution in [-0.4, -0.2) is 19.1 Å². The second kappa shape index (κ2) is 10.5. The summed E-state index contributed by atoms with van der Waals surface area (Å²) in [5, 5.41) is 27.5. The Morgan fingerprint density at radius 1 is 0.767 bits per heavy atom.